The molecule has 1 N–H and O–H groups in total. The van der Waals surface area contributed by atoms with Crippen LogP contribution in [-0.4, -0.2) is 17.2 Å². The summed E-state index contributed by atoms with van der Waals surface area (Å²) in [5.41, 5.74) is 0.599. The summed E-state index contributed by atoms with van der Waals surface area (Å²) in [4.78, 5) is 22.7. The largest absolute Gasteiger partial charge is 0.504 e. The van der Waals surface area contributed by atoms with Crippen molar-refractivity contribution in [1.82, 2.24) is 0 Å². The lowest BCUT2D eigenvalue weighted by Crippen LogP contribution is -1.96. The molecule has 0 spiro atoms. The molecule has 0 saturated carbocycles. The number of rotatable bonds is 5. The first kappa shape index (κ1) is 12.4. The normalized spacial score (nSPS) is 10.7. The van der Waals surface area contributed by atoms with E-state index in [2.05, 4.69) is 0 Å². The van der Waals surface area contributed by atoms with E-state index in [1.807, 2.05) is 6.92 Å². The number of unbranched alkanes of at least 4 members (excludes halogenated alkanes) is 1. The Hall–Kier alpha value is -2.10. The monoisotopic (exact) mass is 246 g/mol. The molecule has 0 amide bonds. The second kappa shape index (κ2) is 5.04. The SMILES string of the molecule is CCCCC(=O)c1oc2c(C=O)cccc2c1O. The zero-order valence-electron chi connectivity index (χ0n) is 10.1. The highest BCUT2D eigenvalue weighted by molar-refractivity contribution is 6.05. The van der Waals surface area contributed by atoms with E-state index >= 15 is 0 Å². The second-order valence-electron chi connectivity index (χ2n) is 4.15. The highest BCUT2D eigenvalue weighted by Crippen LogP contribution is 2.34. The molecule has 4 nitrogen and oxygen atoms in total. The van der Waals surface area contributed by atoms with Crippen LogP contribution in [0.2, 0.25) is 0 Å². The van der Waals surface area contributed by atoms with Crippen molar-refractivity contribution in [3.05, 3.63) is 29.5 Å². The van der Waals surface area contributed by atoms with Gasteiger partial charge >= 0.3 is 0 Å². The van der Waals surface area contributed by atoms with Gasteiger partial charge in [-0.3, -0.25) is 9.59 Å². The Bertz CT molecular complexity index is 595. The summed E-state index contributed by atoms with van der Waals surface area (Å²) in [6, 6.07) is 4.85. The Morgan fingerprint density at radius 1 is 1.44 bits per heavy atom. The van der Waals surface area contributed by atoms with Crippen LogP contribution in [0.3, 0.4) is 0 Å². The average Bonchev–Trinajstić information content (AvgIpc) is 2.73. The fourth-order valence-corrected chi connectivity index (χ4v) is 1.86. The van der Waals surface area contributed by atoms with E-state index in [4.69, 9.17) is 4.42 Å². The highest BCUT2D eigenvalue weighted by Gasteiger charge is 2.20. The van der Waals surface area contributed by atoms with E-state index in [1.54, 1.807) is 18.2 Å². The van der Waals surface area contributed by atoms with E-state index in [-0.39, 0.29) is 22.9 Å². The van der Waals surface area contributed by atoms with E-state index in [1.165, 1.54) is 0 Å². The Labute approximate surface area is 104 Å². The molecule has 0 aliphatic carbocycles. The molecule has 4 heteroatoms. The van der Waals surface area contributed by atoms with E-state index in [0.717, 1.165) is 12.8 Å². The van der Waals surface area contributed by atoms with E-state index < -0.39 is 0 Å². The lowest BCUT2D eigenvalue weighted by atomic mass is 10.1. The number of hydrogen-bond donors (Lipinski definition) is 1. The quantitative estimate of drug-likeness (QED) is 0.649. The molecule has 1 heterocycles. The molecule has 0 atom stereocenters. The molecule has 0 saturated heterocycles. The van der Waals surface area contributed by atoms with Gasteiger partial charge in [0.25, 0.3) is 0 Å². The van der Waals surface area contributed by atoms with E-state index in [9.17, 15) is 14.7 Å². The standard InChI is InChI=1S/C14H14O4/c1-2-3-7-11(16)14-12(17)10-6-4-5-9(8-15)13(10)18-14/h4-6,8,17H,2-3,7H2,1H3. The van der Waals surface area contributed by atoms with Gasteiger partial charge in [-0.1, -0.05) is 19.4 Å². The third-order valence-corrected chi connectivity index (χ3v) is 2.86. The van der Waals surface area contributed by atoms with Gasteiger partial charge in [-0.2, -0.15) is 0 Å². The van der Waals surface area contributed by atoms with Crippen molar-refractivity contribution in [2.75, 3.05) is 0 Å². The number of aldehydes is 1. The van der Waals surface area contributed by atoms with Crippen LogP contribution >= 0.6 is 0 Å². The maximum atomic E-state index is 11.9. The molecule has 0 aliphatic heterocycles. The molecule has 0 bridgehead atoms. The van der Waals surface area contributed by atoms with Crippen LogP contribution in [0, 0.1) is 0 Å². The second-order valence-corrected chi connectivity index (χ2v) is 4.15. The smallest absolute Gasteiger partial charge is 0.212 e. The van der Waals surface area contributed by atoms with Gasteiger partial charge in [-0.15, -0.1) is 0 Å². The Kier molecular flexibility index (Phi) is 3.46. The molecule has 2 aromatic rings. The maximum Gasteiger partial charge on any atom is 0.212 e. The predicted molar refractivity (Wildman–Crippen MR) is 67.1 cm³/mol. The van der Waals surface area contributed by atoms with Crippen molar-refractivity contribution in [2.24, 2.45) is 0 Å². The number of furan rings is 1. The van der Waals surface area contributed by atoms with Gasteiger partial charge in [0.2, 0.25) is 11.5 Å². The van der Waals surface area contributed by atoms with Gasteiger partial charge in [0.15, 0.2) is 12.0 Å². The molecule has 94 valence electrons. The van der Waals surface area contributed by atoms with Gasteiger partial charge < -0.3 is 9.52 Å². The fourth-order valence-electron chi connectivity index (χ4n) is 1.86. The summed E-state index contributed by atoms with van der Waals surface area (Å²) >= 11 is 0. The number of carbonyl (C=O) groups is 2. The van der Waals surface area contributed by atoms with Gasteiger partial charge in [0.1, 0.15) is 5.58 Å². The zero-order chi connectivity index (χ0) is 13.1. The molecule has 0 aliphatic rings. The van der Waals surface area contributed by atoms with Crippen LogP contribution in [0.5, 0.6) is 5.75 Å². The highest BCUT2D eigenvalue weighted by atomic mass is 16.4. The number of carbonyl (C=O) groups excluding carboxylic acids is 2. The number of fused-ring (bicyclic) bond motifs is 1. The minimum absolute atomic E-state index is 0.0484. The molecular formula is C14H14O4. The zero-order valence-corrected chi connectivity index (χ0v) is 10.1. The molecule has 1 aromatic carbocycles. The summed E-state index contributed by atoms with van der Waals surface area (Å²) in [7, 11) is 0. The third kappa shape index (κ3) is 2.01. The molecule has 18 heavy (non-hydrogen) atoms. The number of benzene rings is 1. The van der Waals surface area contributed by atoms with Crippen LogP contribution in [0.4, 0.5) is 0 Å². The Balaban J connectivity index is 2.50. The first-order valence-electron chi connectivity index (χ1n) is 5.92. The minimum atomic E-state index is -0.234. The van der Waals surface area contributed by atoms with E-state index in [0.29, 0.717) is 23.7 Å². The van der Waals surface area contributed by atoms with Crippen molar-refractivity contribution in [3.8, 4) is 5.75 Å². The lowest BCUT2D eigenvalue weighted by Gasteiger charge is -1.95. The number of Topliss-reactive ketones (excluding diaryl/α,β-unsaturated/α-hetero) is 1. The van der Waals surface area contributed by atoms with Crippen molar-refractivity contribution in [1.29, 1.82) is 0 Å². The number of ketones is 1. The van der Waals surface area contributed by atoms with Crippen LogP contribution in [-0.2, 0) is 0 Å². The molecule has 0 radical (unpaired) electrons. The summed E-state index contributed by atoms with van der Waals surface area (Å²) in [6.07, 6.45) is 2.62. The topological polar surface area (TPSA) is 67.5 Å². The van der Waals surface area contributed by atoms with Crippen LogP contribution < -0.4 is 0 Å². The van der Waals surface area contributed by atoms with Crippen molar-refractivity contribution in [3.63, 3.8) is 0 Å². The van der Waals surface area contributed by atoms with Gasteiger partial charge in [0.05, 0.1) is 10.9 Å². The summed E-state index contributed by atoms with van der Waals surface area (Å²) in [6.45, 7) is 1.98. The molecule has 2 rings (SSSR count). The maximum absolute atomic E-state index is 11.9. The predicted octanol–water partition coefficient (Wildman–Crippen LogP) is 3.32. The fraction of sp³-hybridized carbons (Fsp3) is 0.286. The number of para-hydroxylation sites is 1. The molecular weight excluding hydrogens is 232 g/mol. The minimum Gasteiger partial charge on any atom is -0.504 e. The Morgan fingerprint density at radius 2 is 2.22 bits per heavy atom. The number of hydrogen-bond acceptors (Lipinski definition) is 4. The average molecular weight is 246 g/mol. The van der Waals surface area contributed by atoms with Crippen molar-refractivity contribution < 1.29 is 19.1 Å². The Morgan fingerprint density at radius 3 is 2.89 bits per heavy atom. The first-order valence-corrected chi connectivity index (χ1v) is 5.92. The first-order chi connectivity index (χ1) is 8.69. The molecule has 0 fully saturated rings. The summed E-state index contributed by atoms with van der Waals surface area (Å²) in [5, 5.41) is 10.4. The number of aromatic hydroxyl groups is 1. The lowest BCUT2D eigenvalue weighted by molar-refractivity contribution is 0.0950. The van der Waals surface area contributed by atoms with Crippen molar-refractivity contribution >= 4 is 23.0 Å². The van der Waals surface area contributed by atoms with Crippen molar-refractivity contribution in [2.45, 2.75) is 26.2 Å². The third-order valence-electron chi connectivity index (χ3n) is 2.86. The van der Waals surface area contributed by atoms with Gasteiger partial charge in [-0.25, -0.2) is 0 Å². The van der Waals surface area contributed by atoms with Crippen LogP contribution in [0.25, 0.3) is 11.0 Å². The van der Waals surface area contributed by atoms with Gasteiger partial charge in [-0.05, 0) is 18.6 Å². The summed E-state index contributed by atoms with van der Waals surface area (Å²) < 4.78 is 5.35. The summed E-state index contributed by atoms with van der Waals surface area (Å²) in [5.74, 6) is -0.454. The molecule has 0 unspecified atom stereocenters. The van der Waals surface area contributed by atoms with Gasteiger partial charge in [0, 0.05) is 6.42 Å². The molecule has 1 aromatic heterocycles. The van der Waals surface area contributed by atoms with Crippen LogP contribution in [0.15, 0.2) is 22.6 Å². The van der Waals surface area contributed by atoms with Crippen LogP contribution in [0.1, 0.15) is 47.1 Å².